The third-order valence-corrected chi connectivity index (χ3v) is 2.78. The van der Waals surface area contributed by atoms with Crippen LogP contribution in [0.2, 0.25) is 5.02 Å². The zero-order chi connectivity index (χ0) is 13.0. The number of benzene rings is 2. The fraction of sp³-hybridized carbons (Fsp3) is 0.143. The van der Waals surface area contributed by atoms with Gasteiger partial charge in [0.15, 0.2) is 0 Å². The van der Waals surface area contributed by atoms with Crippen LogP contribution in [0.3, 0.4) is 0 Å². The van der Waals surface area contributed by atoms with E-state index in [1.54, 1.807) is 25.3 Å². The first-order valence-electron chi connectivity index (χ1n) is 5.50. The first-order chi connectivity index (χ1) is 8.69. The number of hydrogen-bond acceptors (Lipinski definition) is 3. The summed E-state index contributed by atoms with van der Waals surface area (Å²) in [5, 5.41) is 0.708. The molecule has 0 unspecified atom stereocenters. The van der Waals surface area contributed by atoms with Gasteiger partial charge >= 0.3 is 0 Å². The van der Waals surface area contributed by atoms with E-state index in [0.29, 0.717) is 23.1 Å². The molecule has 2 aromatic carbocycles. The number of nitrogens with two attached hydrogens (primary N) is 1. The first kappa shape index (κ1) is 12.6. The molecule has 18 heavy (non-hydrogen) atoms. The van der Waals surface area contributed by atoms with E-state index < -0.39 is 0 Å². The molecule has 0 saturated heterocycles. The van der Waals surface area contributed by atoms with Crippen LogP contribution in [0.15, 0.2) is 42.5 Å². The monoisotopic (exact) mass is 263 g/mol. The molecule has 4 heteroatoms. The molecule has 0 atom stereocenters. The zero-order valence-electron chi connectivity index (χ0n) is 10.0. The van der Waals surface area contributed by atoms with Gasteiger partial charge in [0.2, 0.25) is 0 Å². The van der Waals surface area contributed by atoms with Gasteiger partial charge in [-0.3, -0.25) is 0 Å². The van der Waals surface area contributed by atoms with Crippen molar-refractivity contribution in [2.75, 3.05) is 12.8 Å². The molecule has 0 aliphatic carbocycles. The van der Waals surface area contributed by atoms with Crippen LogP contribution in [0.4, 0.5) is 5.69 Å². The molecule has 94 valence electrons. The third kappa shape index (κ3) is 3.08. The maximum absolute atomic E-state index is 5.83. The zero-order valence-corrected chi connectivity index (χ0v) is 10.8. The molecule has 2 rings (SSSR count). The summed E-state index contributed by atoms with van der Waals surface area (Å²) in [6, 6.07) is 12.8. The predicted molar refractivity (Wildman–Crippen MR) is 73.2 cm³/mol. The van der Waals surface area contributed by atoms with Gasteiger partial charge in [-0.05, 0) is 29.8 Å². The molecule has 2 N–H and O–H groups in total. The molecule has 0 fully saturated rings. The van der Waals surface area contributed by atoms with Crippen LogP contribution in [0.5, 0.6) is 11.5 Å². The Morgan fingerprint density at radius 2 is 1.83 bits per heavy atom. The summed E-state index contributed by atoms with van der Waals surface area (Å²) in [6.45, 7) is 0.439. The summed E-state index contributed by atoms with van der Waals surface area (Å²) < 4.78 is 10.8. The lowest BCUT2D eigenvalue weighted by Gasteiger charge is -2.10. The van der Waals surface area contributed by atoms with Crippen molar-refractivity contribution in [2.24, 2.45) is 0 Å². The second-order valence-corrected chi connectivity index (χ2v) is 4.26. The number of methoxy groups -OCH3 is 1. The van der Waals surface area contributed by atoms with Crippen LogP contribution in [-0.4, -0.2) is 7.11 Å². The molecular formula is C14H14ClNO2. The summed E-state index contributed by atoms with van der Waals surface area (Å²) >= 11 is 5.82. The minimum Gasteiger partial charge on any atom is -0.497 e. The number of rotatable bonds is 4. The summed E-state index contributed by atoms with van der Waals surface area (Å²) in [5.41, 5.74) is 7.45. The lowest BCUT2D eigenvalue weighted by molar-refractivity contribution is 0.305. The highest BCUT2D eigenvalue weighted by Crippen LogP contribution is 2.27. The Balaban J connectivity index is 2.07. The van der Waals surface area contributed by atoms with Gasteiger partial charge in [0, 0.05) is 11.1 Å². The van der Waals surface area contributed by atoms with E-state index in [2.05, 4.69) is 0 Å². The minimum atomic E-state index is 0.439. The fourth-order valence-corrected chi connectivity index (χ4v) is 1.63. The molecule has 0 bridgehead atoms. The van der Waals surface area contributed by atoms with Crippen LogP contribution < -0.4 is 15.2 Å². The summed E-state index contributed by atoms with van der Waals surface area (Å²) in [5.74, 6) is 1.33. The van der Waals surface area contributed by atoms with Crippen LogP contribution in [0, 0.1) is 0 Å². The quantitative estimate of drug-likeness (QED) is 0.859. The maximum Gasteiger partial charge on any atom is 0.146 e. The number of nitrogen functional groups attached to an aromatic ring is 1. The highest BCUT2D eigenvalue weighted by atomic mass is 35.5. The highest BCUT2D eigenvalue weighted by Gasteiger charge is 2.03. The van der Waals surface area contributed by atoms with Crippen molar-refractivity contribution < 1.29 is 9.47 Å². The number of ether oxygens (including phenoxy) is 2. The number of halogens is 1. The Kier molecular flexibility index (Phi) is 3.95. The van der Waals surface area contributed by atoms with Gasteiger partial charge < -0.3 is 15.2 Å². The summed E-state index contributed by atoms with van der Waals surface area (Å²) in [4.78, 5) is 0. The van der Waals surface area contributed by atoms with Gasteiger partial charge in [-0.25, -0.2) is 0 Å². The topological polar surface area (TPSA) is 44.5 Å². The molecule has 0 aliphatic rings. The molecule has 0 heterocycles. The van der Waals surface area contributed by atoms with E-state index in [9.17, 15) is 0 Å². The van der Waals surface area contributed by atoms with E-state index in [4.69, 9.17) is 26.8 Å². The number of hydrogen-bond donors (Lipinski definition) is 1. The normalized spacial score (nSPS) is 10.1. The first-order valence-corrected chi connectivity index (χ1v) is 5.87. The summed E-state index contributed by atoms with van der Waals surface area (Å²) in [7, 11) is 1.61. The average Bonchev–Trinajstić information content (AvgIpc) is 2.40. The maximum atomic E-state index is 5.83. The Bertz CT molecular complexity index is 526. The predicted octanol–water partition coefficient (Wildman–Crippen LogP) is 3.51. The van der Waals surface area contributed by atoms with Gasteiger partial charge in [-0.15, -0.1) is 0 Å². The van der Waals surface area contributed by atoms with E-state index in [1.807, 2.05) is 24.3 Å². The second kappa shape index (κ2) is 5.65. The molecule has 0 saturated carbocycles. The lowest BCUT2D eigenvalue weighted by atomic mass is 10.2. The Labute approximate surface area is 111 Å². The Hall–Kier alpha value is -1.87. The molecule has 0 spiro atoms. The minimum absolute atomic E-state index is 0.439. The molecule has 2 aromatic rings. The second-order valence-electron chi connectivity index (χ2n) is 3.82. The smallest absolute Gasteiger partial charge is 0.146 e. The van der Waals surface area contributed by atoms with Crippen molar-refractivity contribution in [2.45, 2.75) is 6.61 Å². The van der Waals surface area contributed by atoms with Gasteiger partial charge in [0.1, 0.15) is 18.1 Å². The summed E-state index contributed by atoms with van der Waals surface area (Å²) in [6.07, 6.45) is 0. The van der Waals surface area contributed by atoms with Crippen LogP contribution in [0.25, 0.3) is 0 Å². The van der Waals surface area contributed by atoms with E-state index in [-0.39, 0.29) is 0 Å². The number of anilines is 1. The van der Waals surface area contributed by atoms with Gasteiger partial charge in [0.25, 0.3) is 0 Å². The fourth-order valence-electron chi connectivity index (χ4n) is 1.51. The van der Waals surface area contributed by atoms with Crippen molar-refractivity contribution in [3.63, 3.8) is 0 Å². The Morgan fingerprint density at radius 3 is 2.50 bits per heavy atom. The SMILES string of the molecule is COc1ccc(N)c(OCc2ccc(Cl)cc2)c1. The van der Waals surface area contributed by atoms with Crippen molar-refractivity contribution in [3.8, 4) is 11.5 Å². The molecule has 0 aromatic heterocycles. The molecule has 0 amide bonds. The molecule has 0 aliphatic heterocycles. The molecular weight excluding hydrogens is 250 g/mol. The average molecular weight is 264 g/mol. The van der Waals surface area contributed by atoms with Crippen LogP contribution in [0.1, 0.15) is 5.56 Å². The van der Waals surface area contributed by atoms with Crippen molar-refractivity contribution in [1.29, 1.82) is 0 Å². The lowest BCUT2D eigenvalue weighted by Crippen LogP contribution is -1.99. The standard InChI is InChI=1S/C14H14ClNO2/c1-17-12-6-7-13(16)14(8-12)18-9-10-2-4-11(15)5-3-10/h2-8H,9,16H2,1H3. The largest absolute Gasteiger partial charge is 0.497 e. The Morgan fingerprint density at radius 1 is 1.11 bits per heavy atom. The van der Waals surface area contributed by atoms with Gasteiger partial charge in [-0.1, -0.05) is 23.7 Å². The van der Waals surface area contributed by atoms with E-state index in [0.717, 1.165) is 11.3 Å². The molecule has 3 nitrogen and oxygen atoms in total. The van der Waals surface area contributed by atoms with Crippen molar-refractivity contribution >= 4 is 17.3 Å². The highest BCUT2D eigenvalue weighted by molar-refractivity contribution is 6.30. The molecule has 0 radical (unpaired) electrons. The third-order valence-electron chi connectivity index (χ3n) is 2.53. The van der Waals surface area contributed by atoms with Crippen molar-refractivity contribution in [3.05, 3.63) is 53.1 Å². The van der Waals surface area contributed by atoms with Crippen LogP contribution >= 0.6 is 11.6 Å². The van der Waals surface area contributed by atoms with E-state index >= 15 is 0 Å². The van der Waals surface area contributed by atoms with Gasteiger partial charge in [0.05, 0.1) is 12.8 Å². The van der Waals surface area contributed by atoms with Crippen molar-refractivity contribution in [1.82, 2.24) is 0 Å². The van der Waals surface area contributed by atoms with Crippen LogP contribution in [-0.2, 0) is 6.61 Å². The van der Waals surface area contributed by atoms with Gasteiger partial charge in [-0.2, -0.15) is 0 Å². The van der Waals surface area contributed by atoms with E-state index in [1.165, 1.54) is 0 Å².